The van der Waals surface area contributed by atoms with E-state index in [0.29, 0.717) is 0 Å². The Hall–Kier alpha value is -0.460. The topological polar surface area (TPSA) is 3.24 Å². The molecular formula is C6H10N. The molecule has 0 fully saturated rings. The highest BCUT2D eigenvalue weighted by Crippen LogP contribution is 2.08. The number of allylic oxidation sites excluding steroid dienone is 1. The lowest BCUT2D eigenvalue weighted by molar-refractivity contribution is 0.480. The molecule has 1 heterocycles. The number of hydrogen-bond acceptors (Lipinski definition) is 1. The molecule has 0 amide bonds. The summed E-state index contributed by atoms with van der Waals surface area (Å²) in [5, 5.41) is 0. The molecular weight excluding hydrogens is 86.1 g/mol. The number of hydrogen-bond donors (Lipinski definition) is 0. The SMILES string of the molecule is CC1=C[CH]CN1C. The van der Waals surface area contributed by atoms with Crippen molar-refractivity contribution in [1.82, 2.24) is 4.90 Å². The zero-order valence-electron chi connectivity index (χ0n) is 4.81. The van der Waals surface area contributed by atoms with Gasteiger partial charge >= 0.3 is 0 Å². The minimum atomic E-state index is 1.09. The smallest absolute Gasteiger partial charge is 0.0241 e. The molecule has 1 radical (unpaired) electrons. The average molecular weight is 96.2 g/mol. The fourth-order valence-corrected chi connectivity index (χ4v) is 0.653. The van der Waals surface area contributed by atoms with E-state index in [0.717, 1.165) is 6.54 Å². The molecule has 0 spiro atoms. The quantitative estimate of drug-likeness (QED) is 0.435. The van der Waals surface area contributed by atoms with Crippen LogP contribution in [0.2, 0.25) is 0 Å². The van der Waals surface area contributed by atoms with Crippen LogP contribution in [0.5, 0.6) is 0 Å². The molecule has 1 nitrogen and oxygen atoms in total. The van der Waals surface area contributed by atoms with Crippen molar-refractivity contribution < 1.29 is 0 Å². The van der Waals surface area contributed by atoms with Crippen molar-refractivity contribution in [2.24, 2.45) is 0 Å². The van der Waals surface area contributed by atoms with Crippen molar-refractivity contribution in [2.75, 3.05) is 13.6 Å². The van der Waals surface area contributed by atoms with Gasteiger partial charge in [0.15, 0.2) is 0 Å². The third-order valence-electron chi connectivity index (χ3n) is 1.34. The van der Waals surface area contributed by atoms with Crippen molar-refractivity contribution in [3.05, 3.63) is 18.2 Å². The first-order valence-electron chi connectivity index (χ1n) is 2.52. The van der Waals surface area contributed by atoms with Gasteiger partial charge in [-0.05, 0) is 6.92 Å². The van der Waals surface area contributed by atoms with Crippen LogP contribution in [0.1, 0.15) is 6.92 Å². The Kier molecular flexibility index (Phi) is 1.05. The fraction of sp³-hybridized carbons (Fsp3) is 0.500. The second-order valence-corrected chi connectivity index (χ2v) is 1.92. The first kappa shape index (κ1) is 4.69. The van der Waals surface area contributed by atoms with E-state index in [2.05, 4.69) is 31.4 Å². The summed E-state index contributed by atoms with van der Waals surface area (Å²) in [7, 11) is 2.09. The molecule has 0 saturated carbocycles. The maximum atomic E-state index is 2.21. The first-order chi connectivity index (χ1) is 3.30. The van der Waals surface area contributed by atoms with Crippen LogP contribution in [0.25, 0.3) is 0 Å². The second kappa shape index (κ2) is 1.57. The highest BCUT2D eigenvalue weighted by Gasteiger charge is 2.02. The minimum absolute atomic E-state index is 1.09. The van der Waals surface area contributed by atoms with Gasteiger partial charge in [0.25, 0.3) is 0 Å². The lowest BCUT2D eigenvalue weighted by atomic mass is 10.4. The van der Waals surface area contributed by atoms with Crippen molar-refractivity contribution in [2.45, 2.75) is 6.92 Å². The van der Waals surface area contributed by atoms with Crippen LogP contribution >= 0.6 is 0 Å². The molecule has 0 aromatic rings. The molecule has 0 aliphatic carbocycles. The maximum absolute atomic E-state index is 2.21. The summed E-state index contributed by atoms with van der Waals surface area (Å²) in [5.41, 5.74) is 1.36. The second-order valence-electron chi connectivity index (χ2n) is 1.92. The molecule has 0 aromatic heterocycles. The van der Waals surface area contributed by atoms with Gasteiger partial charge in [-0.15, -0.1) is 0 Å². The standard InChI is InChI=1S/C6H10N/c1-6-4-3-5-7(6)2/h3-4H,5H2,1-2H3. The predicted octanol–water partition coefficient (Wildman–Crippen LogP) is 1.04. The summed E-state index contributed by atoms with van der Waals surface area (Å²) in [6.45, 7) is 3.20. The third kappa shape index (κ3) is 0.763. The van der Waals surface area contributed by atoms with E-state index in [1.165, 1.54) is 5.70 Å². The number of rotatable bonds is 0. The Bertz CT molecular complexity index is 94.4. The first-order valence-corrected chi connectivity index (χ1v) is 2.52. The maximum Gasteiger partial charge on any atom is 0.0241 e. The van der Waals surface area contributed by atoms with Crippen LogP contribution in [-0.4, -0.2) is 18.5 Å². The van der Waals surface area contributed by atoms with Gasteiger partial charge in [0.2, 0.25) is 0 Å². The summed E-state index contributed by atoms with van der Waals surface area (Å²) in [6.07, 6.45) is 4.30. The molecule has 7 heavy (non-hydrogen) atoms. The predicted molar refractivity (Wildman–Crippen MR) is 30.7 cm³/mol. The Balaban J connectivity index is 2.54. The highest BCUT2D eigenvalue weighted by atomic mass is 15.1. The van der Waals surface area contributed by atoms with E-state index < -0.39 is 0 Å². The molecule has 0 atom stereocenters. The molecule has 1 aliphatic rings. The van der Waals surface area contributed by atoms with Crippen LogP contribution in [-0.2, 0) is 0 Å². The normalized spacial score (nSPS) is 20.3. The van der Waals surface area contributed by atoms with Crippen molar-refractivity contribution in [3.63, 3.8) is 0 Å². The monoisotopic (exact) mass is 96.1 g/mol. The van der Waals surface area contributed by atoms with Gasteiger partial charge in [-0.2, -0.15) is 0 Å². The van der Waals surface area contributed by atoms with Crippen molar-refractivity contribution in [3.8, 4) is 0 Å². The molecule has 0 N–H and O–H groups in total. The van der Waals surface area contributed by atoms with Gasteiger partial charge in [0.05, 0.1) is 0 Å². The Morgan fingerprint density at radius 1 is 1.71 bits per heavy atom. The van der Waals surface area contributed by atoms with Crippen molar-refractivity contribution >= 4 is 0 Å². The number of nitrogens with zero attached hydrogens (tertiary/aromatic N) is 1. The van der Waals surface area contributed by atoms with Gasteiger partial charge in [-0.25, -0.2) is 0 Å². The third-order valence-corrected chi connectivity index (χ3v) is 1.34. The summed E-state index contributed by atoms with van der Waals surface area (Å²) >= 11 is 0. The van der Waals surface area contributed by atoms with E-state index in [9.17, 15) is 0 Å². The van der Waals surface area contributed by atoms with Gasteiger partial charge in [-0.1, -0.05) is 6.08 Å². The van der Waals surface area contributed by atoms with E-state index in [-0.39, 0.29) is 0 Å². The Labute approximate surface area is 44.6 Å². The summed E-state index contributed by atoms with van der Waals surface area (Å²) in [6, 6.07) is 0. The minimum Gasteiger partial charge on any atom is -0.378 e. The fourth-order valence-electron chi connectivity index (χ4n) is 0.653. The van der Waals surface area contributed by atoms with E-state index >= 15 is 0 Å². The molecule has 1 rings (SSSR count). The molecule has 0 unspecified atom stereocenters. The summed E-state index contributed by atoms with van der Waals surface area (Å²) in [5.74, 6) is 0. The van der Waals surface area contributed by atoms with Crippen LogP contribution < -0.4 is 0 Å². The molecule has 1 aliphatic heterocycles. The summed E-state index contributed by atoms with van der Waals surface area (Å²) in [4.78, 5) is 2.21. The van der Waals surface area contributed by atoms with Crippen molar-refractivity contribution in [1.29, 1.82) is 0 Å². The van der Waals surface area contributed by atoms with Gasteiger partial charge < -0.3 is 4.90 Å². The molecule has 39 valence electrons. The largest absolute Gasteiger partial charge is 0.378 e. The van der Waals surface area contributed by atoms with Crippen LogP contribution in [0, 0.1) is 6.42 Å². The molecule has 0 aromatic carbocycles. The van der Waals surface area contributed by atoms with Gasteiger partial charge in [0, 0.05) is 25.7 Å². The molecule has 0 saturated heterocycles. The lowest BCUT2D eigenvalue weighted by Crippen LogP contribution is -2.10. The average Bonchev–Trinajstić information content (AvgIpc) is 1.91. The molecule has 1 heteroatoms. The zero-order chi connectivity index (χ0) is 5.28. The van der Waals surface area contributed by atoms with Gasteiger partial charge in [0.1, 0.15) is 0 Å². The van der Waals surface area contributed by atoms with Crippen LogP contribution in [0.4, 0.5) is 0 Å². The van der Waals surface area contributed by atoms with E-state index in [1.807, 2.05) is 0 Å². The van der Waals surface area contributed by atoms with Gasteiger partial charge in [-0.3, -0.25) is 0 Å². The van der Waals surface area contributed by atoms with E-state index in [4.69, 9.17) is 0 Å². The Morgan fingerprint density at radius 2 is 2.43 bits per heavy atom. The Morgan fingerprint density at radius 3 is 2.57 bits per heavy atom. The van der Waals surface area contributed by atoms with E-state index in [1.54, 1.807) is 0 Å². The molecule has 0 bridgehead atoms. The zero-order valence-corrected chi connectivity index (χ0v) is 4.81. The lowest BCUT2D eigenvalue weighted by Gasteiger charge is -2.10. The van der Waals surface area contributed by atoms with Crippen LogP contribution in [0.3, 0.4) is 0 Å². The highest BCUT2D eigenvalue weighted by molar-refractivity contribution is 5.12. The van der Waals surface area contributed by atoms with Crippen LogP contribution in [0.15, 0.2) is 11.8 Å². The summed E-state index contributed by atoms with van der Waals surface area (Å²) < 4.78 is 0.